The quantitative estimate of drug-likeness (QED) is 0.291. The molecule has 174 valence electrons. The maximum Gasteiger partial charge on any atom is 0.343 e. The van der Waals surface area contributed by atoms with Crippen molar-refractivity contribution in [2.45, 2.75) is 33.6 Å². The van der Waals surface area contributed by atoms with E-state index in [4.69, 9.17) is 4.42 Å². The van der Waals surface area contributed by atoms with E-state index >= 15 is 0 Å². The lowest BCUT2D eigenvalue weighted by atomic mass is 9.78. The van der Waals surface area contributed by atoms with E-state index in [0.717, 1.165) is 18.7 Å². The van der Waals surface area contributed by atoms with Crippen molar-refractivity contribution in [3.8, 4) is 5.75 Å². The average Bonchev–Trinajstić information content (AvgIpc) is 2.82. The molecular formula is C26H31N3O4. The molecule has 1 heterocycles. The van der Waals surface area contributed by atoms with Crippen LogP contribution in [0.15, 0.2) is 68.9 Å². The molecule has 0 aliphatic rings. The van der Waals surface area contributed by atoms with E-state index in [1.807, 2.05) is 37.3 Å². The summed E-state index contributed by atoms with van der Waals surface area (Å²) in [6, 6.07) is 16.5. The summed E-state index contributed by atoms with van der Waals surface area (Å²) in [5, 5.41) is 16.1. The summed E-state index contributed by atoms with van der Waals surface area (Å²) in [5.41, 5.74) is 3.96. The van der Waals surface area contributed by atoms with E-state index in [-0.39, 0.29) is 23.1 Å². The van der Waals surface area contributed by atoms with Crippen molar-refractivity contribution in [1.82, 2.24) is 10.3 Å². The Morgan fingerprint density at radius 2 is 1.70 bits per heavy atom. The number of fused-ring (bicyclic) bond motifs is 1. The van der Waals surface area contributed by atoms with E-state index in [1.165, 1.54) is 6.92 Å². The van der Waals surface area contributed by atoms with Gasteiger partial charge in [-0.2, -0.15) is 5.10 Å². The van der Waals surface area contributed by atoms with Crippen molar-refractivity contribution in [2.75, 3.05) is 19.6 Å². The summed E-state index contributed by atoms with van der Waals surface area (Å²) < 4.78 is 5.62. The molecular weight excluding hydrogens is 418 g/mol. The predicted octanol–water partition coefficient (Wildman–Crippen LogP) is 4.10. The molecule has 0 aliphatic carbocycles. The Balaban J connectivity index is 2.28. The first-order valence-electron chi connectivity index (χ1n) is 11.2. The Morgan fingerprint density at radius 1 is 1.06 bits per heavy atom. The predicted molar refractivity (Wildman–Crippen MR) is 131 cm³/mol. The van der Waals surface area contributed by atoms with Gasteiger partial charge in [0.05, 0.1) is 10.9 Å². The maximum absolute atomic E-state index is 13.2. The molecule has 2 atom stereocenters. The number of hydrazone groups is 1. The van der Waals surface area contributed by atoms with Crippen LogP contribution in [-0.4, -0.2) is 41.3 Å². The number of carbonyl (C=O) groups excluding carboxylic acids is 1. The number of nitrogens with one attached hydrogen (secondary N) is 1. The Labute approximate surface area is 193 Å². The van der Waals surface area contributed by atoms with Gasteiger partial charge in [0, 0.05) is 31.0 Å². The molecule has 3 rings (SSSR count). The molecule has 7 heteroatoms. The highest BCUT2D eigenvalue weighted by atomic mass is 16.4. The molecule has 0 saturated carbocycles. The van der Waals surface area contributed by atoms with Gasteiger partial charge in [0.15, 0.2) is 0 Å². The van der Waals surface area contributed by atoms with E-state index in [9.17, 15) is 14.7 Å². The first kappa shape index (κ1) is 24.2. The molecule has 0 saturated heterocycles. The van der Waals surface area contributed by atoms with Crippen molar-refractivity contribution >= 4 is 22.6 Å². The van der Waals surface area contributed by atoms with Gasteiger partial charge in [-0.1, -0.05) is 56.3 Å². The standard InChI is InChI=1S/C26H31N3O4/c1-5-29(6-2)16-21(17(3)27-28-18(4)30)23(19-12-8-7-9-13-19)24-25(31)20-14-10-11-15-22(20)33-26(24)32/h7-15,21,23,31H,5-6,16H2,1-4H3,(H,28,30)/b27-17-/t21-,23+/m0/s1. The zero-order chi connectivity index (χ0) is 24.0. The minimum atomic E-state index is -0.586. The smallest absolute Gasteiger partial charge is 0.343 e. The van der Waals surface area contributed by atoms with Gasteiger partial charge in [-0.25, -0.2) is 10.2 Å². The molecule has 33 heavy (non-hydrogen) atoms. The van der Waals surface area contributed by atoms with Gasteiger partial charge in [-0.15, -0.1) is 0 Å². The number of hydrogen-bond donors (Lipinski definition) is 2. The highest BCUT2D eigenvalue weighted by Gasteiger charge is 2.34. The Kier molecular flexibility index (Phi) is 8.01. The lowest BCUT2D eigenvalue weighted by molar-refractivity contribution is -0.118. The number of amides is 1. The number of rotatable bonds is 9. The summed E-state index contributed by atoms with van der Waals surface area (Å²) in [6.45, 7) is 9.56. The maximum atomic E-state index is 13.2. The second-order valence-electron chi connectivity index (χ2n) is 8.05. The summed E-state index contributed by atoms with van der Waals surface area (Å²) in [5.74, 6) is -1.22. The van der Waals surface area contributed by atoms with Gasteiger partial charge in [-0.05, 0) is 37.7 Å². The molecule has 0 spiro atoms. The normalized spacial score (nSPS) is 13.8. The Hall–Kier alpha value is -3.45. The van der Waals surface area contributed by atoms with Crippen LogP contribution in [0.3, 0.4) is 0 Å². The van der Waals surface area contributed by atoms with Crippen molar-refractivity contribution in [3.05, 3.63) is 76.1 Å². The monoisotopic (exact) mass is 449 g/mol. The van der Waals surface area contributed by atoms with Gasteiger partial charge < -0.3 is 14.4 Å². The molecule has 0 radical (unpaired) electrons. The number of nitrogens with zero attached hydrogens (tertiary/aromatic N) is 2. The summed E-state index contributed by atoms with van der Waals surface area (Å²) in [6.07, 6.45) is 0. The Bertz CT molecular complexity index is 1180. The number of benzene rings is 2. The lowest BCUT2D eigenvalue weighted by Gasteiger charge is -2.32. The number of aromatic hydroxyl groups is 1. The third-order valence-electron chi connectivity index (χ3n) is 5.97. The minimum Gasteiger partial charge on any atom is -0.507 e. The molecule has 1 aromatic heterocycles. The average molecular weight is 450 g/mol. The van der Waals surface area contributed by atoms with Crippen LogP contribution < -0.4 is 11.1 Å². The topological polar surface area (TPSA) is 95.1 Å². The highest BCUT2D eigenvalue weighted by Crippen LogP contribution is 2.39. The van der Waals surface area contributed by atoms with Crippen molar-refractivity contribution < 1.29 is 14.3 Å². The molecule has 3 aromatic rings. The molecule has 0 fully saturated rings. The molecule has 2 aromatic carbocycles. The van der Waals surface area contributed by atoms with Crippen LogP contribution in [0.4, 0.5) is 0 Å². The molecule has 7 nitrogen and oxygen atoms in total. The van der Waals surface area contributed by atoms with E-state index in [1.54, 1.807) is 24.3 Å². The third-order valence-corrected chi connectivity index (χ3v) is 5.97. The fraction of sp³-hybridized carbons (Fsp3) is 0.346. The summed E-state index contributed by atoms with van der Waals surface area (Å²) in [4.78, 5) is 27.0. The first-order valence-corrected chi connectivity index (χ1v) is 11.2. The molecule has 0 unspecified atom stereocenters. The van der Waals surface area contributed by atoms with E-state index < -0.39 is 11.5 Å². The number of carbonyl (C=O) groups is 1. The van der Waals surface area contributed by atoms with Crippen LogP contribution in [0.1, 0.15) is 44.7 Å². The van der Waals surface area contributed by atoms with Gasteiger partial charge in [0.25, 0.3) is 0 Å². The fourth-order valence-corrected chi connectivity index (χ4v) is 4.17. The molecule has 0 aliphatic heterocycles. The van der Waals surface area contributed by atoms with Crippen molar-refractivity contribution in [1.29, 1.82) is 0 Å². The number of hydrogen-bond acceptors (Lipinski definition) is 6. The van der Waals surface area contributed by atoms with Gasteiger partial charge in [0.1, 0.15) is 11.3 Å². The van der Waals surface area contributed by atoms with Crippen LogP contribution in [0.25, 0.3) is 11.0 Å². The van der Waals surface area contributed by atoms with Crippen LogP contribution in [0.2, 0.25) is 0 Å². The lowest BCUT2D eigenvalue weighted by Crippen LogP contribution is -2.38. The van der Waals surface area contributed by atoms with Gasteiger partial charge >= 0.3 is 5.63 Å². The second kappa shape index (κ2) is 10.9. The molecule has 0 bridgehead atoms. The zero-order valence-corrected chi connectivity index (χ0v) is 19.5. The molecule has 2 N–H and O–H groups in total. The van der Waals surface area contributed by atoms with Crippen LogP contribution in [0, 0.1) is 5.92 Å². The van der Waals surface area contributed by atoms with Crippen molar-refractivity contribution in [3.63, 3.8) is 0 Å². The zero-order valence-electron chi connectivity index (χ0n) is 19.5. The van der Waals surface area contributed by atoms with Crippen LogP contribution >= 0.6 is 0 Å². The van der Waals surface area contributed by atoms with Gasteiger partial charge in [0.2, 0.25) is 5.91 Å². The summed E-state index contributed by atoms with van der Waals surface area (Å²) >= 11 is 0. The largest absolute Gasteiger partial charge is 0.507 e. The second-order valence-corrected chi connectivity index (χ2v) is 8.05. The number of para-hydroxylation sites is 1. The fourth-order valence-electron chi connectivity index (χ4n) is 4.17. The first-order chi connectivity index (χ1) is 15.9. The SMILES string of the molecule is CCN(CC)C[C@@H](/C(C)=N\NC(C)=O)[C@@H](c1ccccc1)c1c(O)c2ccccc2oc1=O. The minimum absolute atomic E-state index is 0.0902. The van der Waals surface area contributed by atoms with Crippen molar-refractivity contribution in [2.24, 2.45) is 11.0 Å². The highest BCUT2D eigenvalue weighted by molar-refractivity contribution is 5.89. The van der Waals surface area contributed by atoms with Crippen LogP contribution in [-0.2, 0) is 4.79 Å². The Morgan fingerprint density at radius 3 is 2.33 bits per heavy atom. The van der Waals surface area contributed by atoms with Crippen LogP contribution in [0.5, 0.6) is 5.75 Å². The summed E-state index contributed by atoms with van der Waals surface area (Å²) in [7, 11) is 0. The van der Waals surface area contributed by atoms with E-state index in [0.29, 0.717) is 23.2 Å². The molecule has 1 amide bonds. The third kappa shape index (κ3) is 5.49. The van der Waals surface area contributed by atoms with E-state index in [2.05, 4.69) is 29.3 Å². The van der Waals surface area contributed by atoms with Gasteiger partial charge in [-0.3, -0.25) is 4.79 Å².